The van der Waals surface area contributed by atoms with Crippen molar-refractivity contribution in [3.05, 3.63) is 88.5 Å². The molecule has 37 heavy (non-hydrogen) atoms. The van der Waals surface area contributed by atoms with Crippen molar-refractivity contribution in [3.63, 3.8) is 0 Å². The van der Waals surface area contributed by atoms with Crippen LogP contribution in [0.5, 0.6) is 5.88 Å². The van der Waals surface area contributed by atoms with Gasteiger partial charge in [-0.15, -0.1) is 0 Å². The Balaban J connectivity index is 1.51. The van der Waals surface area contributed by atoms with E-state index in [2.05, 4.69) is 33.4 Å². The number of fused-ring (bicyclic) bond motifs is 2. The van der Waals surface area contributed by atoms with Crippen LogP contribution < -0.4 is 10.2 Å². The highest BCUT2D eigenvalue weighted by Gasteiger charge is 2.25. The smallest absolute Gasteiger partial charge is 0.340 e. The molecule has 0 fully saturated rings. The third-order valence-corrected chi connectivity index (χ3v) is 6.45. The van der Waals surface area contributed by atoms with E-state index in [0.717, 1.165) is 11.1 Å². The second-order valence-corrected chi connectivity index (χ2v) is 10.6. The van der Waals surface area contributed by atoms with Crippen molar-refractivity contribution in [2.45, 2.75) is 59.4 Å². The molecule has 1 aliphatic rings. The molecule has 1 aromatic heterocycles. The monoisotopic (exact) mass is 496 g/mol. The Hall–Kier alpha value is -4.13. The molecule has 4 aromatic rings. The highest BCUT2D eigenvalue weighted by atomic mass is 16.6. The van der Waals surface area contributed by atoms with Gasteiger partial charge in [0.2, 0.25) is 11.8 Å². The van der Waals surface area contributed by atoms with E-state index in [-0.39, 0.29) is 17.9 Å². The van der Waals surface area contributed by atoms with Gasteiger partial charge in [0.15, 0.2) is 0 Å². The number of benzene rings is 3. The fourth-order valence-electron chi connectivity index (χ4n) is 4.76. The van der Waals surface area contributed by atoms with Crippen molar-refractivity contribution in [2.24, 2.45) is 0 Å². The number of carbonyl (C=O) groups is 1. The summed E-state index contributed by atoms with van der Waals surface area (Å²) in [6.07, 6.45) is 0. The number of nitrogens with one attached hydrogen (secondary N) is 1. The van der Waals surface area contributed by atoms with Crippen molar-refractivity contribution in [3.8, 4) is 5.88 Å². The van der Waals surface area contributed by atoms with E-state index in [1.807, 2.05) is 71.0 Å². The van der Waals surface area contributed by atoms with Gasteiger partial charge in [-0.3, -0.25) is 0 Å². The minimum Gasteiger partial charge on any atom is -0.493 e. The maximum Gasteiger partial charge on any atom is 0.340 e. The Labute approximate surface area is 217 Å². The van der Waals surface area contributed by atoms with Gasteiger partial charge in [0.25, 0.3) is 0 Å². The van der Waals surface area contributed by atoms with Gasteiger partial charge in [0.1, 0.15) is 5.60 Å². The molecular formula is C30H32N4O3. The summed E-state index contributed by atoms with van der Waals surface area (Å²) in [5.74, 6) is 0.0719. The molecule has 0 bridgehead atoms. The van der Waals surface area contributed by atoms with Gasteiger partial charge in [-0.25, -0.2) is 9.78 Å². The normalized spacial score (nSPS) is 13.9. The zero-order chi connectivity index (χ0) is 26.3. The van der Waals surface area contributed by atoms with Gasteiger partial charge in [-0.05, 0) is 69.5 Å². The molecule has 7 nitrogen and oxygen atoms in total. The summed E-state index contributed by atoms with van der Waals surface area (Å²) in [6, 6.07) is 19.4. The largest absolute Gasteiger partial charge is 0.493 e. The van der Waals surface area contributed by atoms with E-state index in [1.165, 1.54) is 11.1 Å². The molecule has 0 amide bonds. The van der Waals surface area contributed by atoms with Crippen LogP contribution in [0.3, 0.4) is 0 Å². The van der Waals surface area contributed by atoms with Crippen molar-refractivity contribution in [2.75, 3.05) is 10.2 Å². The van der Waals surface area contributed by atoms with E-state index in [0.29, 0.717) is 41.2 Å². The Morgan fingerprint density at radius 2 is 1.68 bits per heavy atom. The third-order valence-electron chi connectivity index (χ3n) is 6.45. The highest BCUT2D eigenvalue weighted by molar-refractivity contribution is 5.96. The van der Waals surface area contributed by atoms with E-state index in [1.54, 1.807) is 6.07 Å². The highest BCUT2D eigenvalue weighted by Crippen LogP contribution is 2.35. The van der Waals surface area contributed by atoms with Crippen LogP contribution >= 0.6 is 0 Å². The van der Waals surface area contributed by atoms with Crippen molar-refractivity contribution in [1.29, 1.82) is 0 Å². The topological polar surface area (TPSA) is 87.6 Å². The minimum atomic E-state index is -0.595. The molecule has 7 heteroatoms. The molecule has 0 spiro atoms. The predicted molar refractivity (Wildman–Crippen MR) is 146 cm³/mol. The average Bonchev–Trinajstić information content (AvgIpc) is 3.27. The summed E-state index contributed by atoms with van der Waals surface area (Å²) in [7, 11) is 0. The van der Waals surface area contributed by atoms with Gasteiger partial charge in [-0.1, -0.05) is 42.5 Å². The van der Waals surface area contributed by atoms with Crippen molar-refractivity contribution < 1.29 is 14.6 Å². The van der Waals surface area contributed by atoms with Crippen LogP contribution in [0.25, 0.3) is 10.9 Å². The molecule has 2 heterocycles. The first-order valence-corrected chi connectivity index (χ1v) is 12.5. The fourth-order valence-corrected chi connectivity index (χ4v) is 4.76. The molecule has 1 unspecified atom stereocenters. The summed E-state index contributed by atoms with van der Waals surface area (Å²) in [5, 5.41) is 15.0. The predicted octanol–water partition coefficient (Wildman–Crippen LogP) is 6.29. The number of ether oxygens (including phenoxy) is 1. The van der Waals surface area contributed by atoms with E-state index >= 15 is 0 Å². The molecule has 2 N–H and O–H groups in total. The first-order valence-electron chi connectivity index (χ1n) is 12.5. The number of carbonyl (C=O) groups excluding carboxylic acids is 1. The second kappa shape index (κ2) is 9.39. The first-order chi connectivity index (χ1) is 17.6. The molecule has 5 rings (SSSR count). The maximum atomic E-state index is 12.9. The van der Waals surface area contributed by atoms with E-state index in [9.17, 15) is 9.90 Å². The SMILES string of the molecule is Cc1cc(C(C)Nc2ccccc2C(=O)OC(C)(C)C)c2nc(N3Cc4ccccc4C3)nc(O)c2c1. The quantitative estimate of drug-likeness (QED) is 0.314. The zero-order valence-corrected chi connectivity index (χ0v) is 21.9. The van der Waals surface area contributed by atoms with Crippen molar-refractivity contribution >= 4 is 28.5 Å². The number of anilines is 2. The number of rotatable bonds is 5. The van der Waals surface area contributed by atoms with Gasteiger partial charge in [0.05, 0.1) is 22.5 Å². The van der Waals surface area contributed by atoms with E-state index < -0.39 is 5.60 Å². The first kappa shape index (κ1) is 24.6. The molecule has 0 radical (unpaired) electrons. The lowest BCUT2D eigenvalue weighted by Gasteiger charge is -2.23. The van der Waals surface area contributed by atoms with Crippen molar-refractivity contribution in [1.82, 2.24) is 9.97 Å². The lowest BCUT2D eigenvalue weighted by atomic mass is 10.0. The number of esters is 1. The Kier molecular flexibility index (Phi) is 6.23. The number of aromatic hydroxyl groups is 1. The summed E-state index contributed by atoms with van der Waals surface area (Å²) in [4.78, 5) is 24.3. The fraction of sp³-hybridized carbons (Fsp3) is 0.300. The molecule has 0 aliphatic carbocycles. The van der Waals surface area contributed by atoms with Gasteiger partial charge >= 0.3 is 5.97 Å². The Morgan fingerprint density at radius 1 is 1.03 bits per heavy atom. The molecule has 0 saturated heterocycles. The lowest BCUT2D eigenvalue weighted by molar-refractivity contribution is 0.00706. The van der Waals surface area contributed by atoms with E-state index in [4.69, 9.17) is 9.72 Å². The molecular weight excluding hydrogens is 464 g/mol. The Bertz CT molecular complexity index is 1470. The third kappa shape index (κ3) is 5.07. The average molecular weight is 497 g/mol. The van der Waals surface area contributed by atoms with Gasteiger partial charge < -0.3 is 20.1 Å². The number of aromatic nitrogens is 2. The summed E-state index contributed by atoms with van der Waals surface area (Å²) < 4.78 is 5.62. The van der Waals surface area contributed by atoms with Crippen LogP contribution in [-0.4, -0.2) is 26.6 Å². The Morgan fingerprint density at radius 3 is 2.35 bits per heavy atom. The zero-order valence-electron chi connectivity index (χ0n) is 21.9. The lowest BCUT2D eigenvalue weighted by Crippen LogP contribution is -2.24. The van der Waals surface area contributed by atoms with Gasteiger partial charge in [-0.2, -0.15) is 4.98 Å². The number of aryl methyl sites for hydroxylation is 1. The van der Waals surface area contributed by atoms with Crippen LogP contribution in [-0.2, 0) is 17.8 Å². The summed E-state index contributed by atoms with van der Waals surface area (Å²) in [6.45, 7) is 10.9. The standard InChI is InChI=1S/C30H32N4O3/c1-18-14-23(19(2)31-25-13-9-8-12-22(25)28(36)37-30(3,4)5)26-24(15-18)27(35)33-29(32-26)34-16-20-10-6-7-11-21(20)17-34/h6-15,19,31H,16-17H2,1-5H3,(H,32,33,35). The molecule has 1 aliphatic heterocycles. The minimum absolute atomic E-state index is 0.0396. The second-order valence-electron chi connectivity index (χ2n) is 10.6. The van der Waals surface area contributed by atoms with Crippen LogP contribution in [0.1, 0.15) is 66.3 Å². The number of hydrogen-bond acceptors (Lipinski definition) is 7. The number of hydrogen-bond donors (Lipinski definition) is 2. The molecule has 0 saturated carbocycles. The summed E-state index contributed by atoms with van der Waals surface area (Å²) in [5.41, 5.74) is 5.59. The van der Waals surface area contributed by atoms with Crippen LogP contribution in [0.4, 0.5) is 11.6 Å². The van der Waals surface area contributed by atoms with Crippen LogP contribution in [0, 0.1) is 6.92 Å². The number of nitrogens with zero attached hydrogens (tertiary/aromatic N) is 3. The molecule has 190 valence electrons. The van der Waals surface area contributed by atoms with Crippen LogP contribution in [0.15, 0.2) is 60.7 Å². The molecule has 1 atom stereocenters. The molecule has 3 aromatic carbocycles. The van der Waals surface area contributed by atoms with Crippen LogP contribution in [0.2, 0.25) is 0 Å². The van der Waals surface area contributed by atoms with Gasteiger partial charge in [0, 0.05) is 24.3 Å². The summed E-state index contributed by atoms with van der Waals surface area (Å²) >= 11 is 0. The number of para-hydroxylation sites is 1. The maximum absolute atomic E-state index is 12.9.